The number of benzene rings is 3. The minimum Gasteiger partial charge on any atom is -0.497 e. The summed E-state index contributed by atoms with van der Waals surface area (Å²) in [5, 5.41) is 0. The van der Waals surface area contributed by atoms with Crippen LogP contribution in [0.25, 0.3) is 0 Å². The summed E-state index contributed by atoms with van der Waals surface area (Å²) in [7, 11) is 1.58. The number of ketones is 1. The van der Waals surface area contributed by atoms with Crippen LogP contribution in [0.5, 0.6) is 17.2 Å². The number of aryl methyl sites for hydroxylation is 2. The van der Waals surface area contributed by atoms with Crippen LogP contribution in [0.3, 0.4) is 0 Å². The van der Waals surface area contributed by atoms with Gasteiger partial charge in [0.25, 0.3) is 0 Å². The average molecular weight is 589 g/mol. The van der Waals surface area contributed by atoms with Crippen LogP contribution >= 0.6 is 0 Å². The van der Waals surface area contributed by atoms with E-state index in [9.17, 15) is 9.59 Å². The molecule has 3 aromatic rings. The molecule has 0 radical (unpaired) electrons. The minimum absolute atomic E-state index is 0.0807. The van der Waals surface area contributed by atoms with E-state index in [4.69, 9.17) is 19.9 Å². The van der Waals surface area contributed by atoms with Gasteiger partial charge >= 0.3 is 0 Å². The Morgan fingerprint density at radius 2 is 1.28 bits per heavy atom. The fraction of sp³-hybridized carbons (Fsp3) is 0.444. The summed E-state index contributed by atoms with van der Waals surface area (Å²) < 4.78 is 16.5. The average Bonchev–Trinajstić information content (AvgIpc) is 3.55. The van der Waals surface area contributed by atoms with Gasteiger partial charge in [0, 0.05) is 24.8 Å². The Labute approximate surface area is 257 Å². The highest BCUT2D eigenvalue weighted by Gasteiger charge is 2.10. The first kappa shape index (κ1) is 33.7. The lowest BCUT2D eigenvalue weighted by atomic mass is 10.0. The Kier molecular flexibility index (Phi) is 15.2. The first-order valence-electron chi connectivity index (χ1n) is 15.5. The second-order valence-electron chi connectivity index (χ2n) is 11.0. The van der Waals surface area contributed by atoms with Gasteiger partial charge < -0.3 is 24.8 Å². The van der Waals surface area contributed by atoms with Gasteiger partial charge in [0.15, 0.2) is 5.78 Å². The zero-order valence-electron chi connectivity index (χ0n) is 25.9. The smallest absolute Gasteiger partial charge is 0.217 e. The third kappa shape index (κ3) is 13.8. The molecule has 4 rings (SSSR count). The van der Waals surface area contributed by atoms with Crippen molar-refractivity contribution in [1.29, 1.82) is 0 Å². The Morgan fingerprint density at radius 3 is 1.86 bits per heavy atom. The Morgan fingerprint density at radius 1 is 0.721 bits per heavy atom. The van der Waals surface area contributed by atoms with Crippen LogP contribution in [-0.2, 0) is 11.2 Å². The number of methoxy groups -OCH3 is 1. The van der Waals surface area contributed by atoms with Gasteiger partial charge in [0.05, 0.1) is 20.3 Å². The lowest BCUT2D eigenvalue weighted by Gasteiger charge is -2.14. The molecule has 0 bridgehead atoms. The highest BCUT2D eigenvalue weighted by atomic mass is 16.5. The predicted molar refractivity (Wildman–Crippen MR) is 172 cm³/mol. The molecule has 232 valence electrons. The maximum atomic E-state index is 11.7. The number of primary amides is 1. The van der Waals surface area contributed by atoms with Gasteiger partial charge in [-0.3, -0.25) is 9.59 Å². The van der Waals surface area contributed by atoms with Gasteiger partial charge in [-0.15, -0.1) is 0 Å². The van der Waals surface area contributed by atoms with Crippen LogP contribution in [0.2, 0.25) is 0 Å². The van der Waals surface area contributed by atoms with Crippen LogP contribution in [0.4, 0.5) is 0 Å². The van der Waals surface area contributed by atoms with E-state index in [0.29, 0.717) is 44.5 Å². The third-order valence-electron chi connectivity index (χ3n) is 7.40. The Balaban J connectivity index is 0.000000259. The highest BCUT2D eigenvalue weighted by Crippen LogP contribution is 2.16. The number of hydrogen-bond donors (Lipinski definition) is 1. The fourth-order valence-corrected chi connectivity index (χ4v) is 4.84. The molecule has 0 spiro atoms. The number of carbonyl (C=O) groups is 2. The molecule has 0 unspecified atom stereocenters. The van der Waals surface area contributed by atoms with Crippen LogP contribution < -0.4 is 19.9 Å². The topological polar surface area (TPSA) is 91.1 Å². The molecular weight excluding hydrogens is 540 g/mol. The zero-order valence-corrected chi connectivity index (χ0v) is 25.9. The number of ether oxygens (including phenoxy) is 3. The summed E-state index contributed by atoms with van der Waals surface area (Å²) >= 11 is 0. The first-order chi connectivity index (χ1) is 20.9. The third-order valence-corrected chi connectivity index (χ3v) is 7.40. The van der Waals surface area contributed by atoms with E-state index >= 15 is 0 Å². The van der Waals surface area contributed by atoms with Crippen LogP contribution in [0, 0.1) is 6.92 Å². The van der Waals surface area contributed by atoms with Crippen molar-refractivity contribution in [3.05, 3.63) is 89.5 Å². The van der Waals surface area contributed by atoms with Crippen molar-refractivity contribution in [2.24, 2.45) is 5.73 Å². The summed E-state index contributed by atoms with van der Waals surface area (Å²) in [5.41, 5.74) is 8.34. The number of hydrogen-bond acceptors (Lipinski definition) is 6. The van der Waals surface area contributed by atoms with Gasteiger partial charge in [-0.25, -0.2) is 0 Å². The summed E-state index contributed by atoms with van der Waals surface area (Å²) in [5.74, 6) is 2.37. The molecule has 0 saturated carbocycles. The number of amides is 1. The first-order valence-corrected chi connectivity index (χ1v) is 15.5. The molecule has 3 aromatic carbocycles. The lowest BCUT2D eigenvalue weighted by molar-refractivity contribution is -0.118. The van der Waals surface area contributed by atoms with Crippen LogP contribution in [-0.4, -0.2) is 56.5 Å². The van der Waals surface area contributed by atoms with E-state index in [1.807, 2.05) is 12.1 Å². The highest BCUT2D eigenvalue weighted by molar-refractivity contribution is 5.96. The summed E-state index contributed by atoms with van der Waals surface area (Å²) in [4.78, 5) is 24.8. The molecule has 1 fully saturated rings. The molecule has 1 heterocycles. The molecule has 0 aliphatic carbocycles. The second-order valence-corrected chi connectivity index (χ2v) is 11.0. The number of nitrogens with zero attached hydrogens (tertiary/aromatic N) is 1. The monoisotopic (exact) mass is 588 g/mol. The molecule has 7 heteroatoms. The predicted octanol–water partition coefficient (Wildman–Crippen LogP) is 6.79. The molecule has 43 heavy (non-hydrogen) atoms. The van der Waals surface area contributed by atoms with Crippen molar-refractivity contribution >= 4 is 11.7 Å². The maximum Gasteiger partial charge on any atom is 0.217 e. The minimum atomic E-state index is -0.318. The zero-order chi connectivity index (χ0) is 30.7. The van der Waals surface area contributed by atoms with Crippen molar-refractivity contribution in [1.82, 2.24) is 4.90 Å². The van der Waals surface area contributed by atoms with E-state index in [-0.39, 0.29) is 11.7 Å². The van der Waals surface area contributed by atoms with Crippen molar-refractivity contribution in [2.45, 2.75) is 64.7 Å². The molecule has 1 amide bonds. The number of unbranched alkanes of at least 4 members (excludes halogenated alkanes) is 1. The number of carbonyl (C=O) groups excluding carboxylic acids is 2. The number of rotatable bonds is 17. The van der Waals surface area contributed by atoms with Gasteiger partial charge in [0.2, 0.25) is 5.91 Å². The van der Waals surface area contributed by atoms with E-state index in [1.54, 1.807) is 31.4 Å². The summed E-state index contributed by atoms with van der Waals surface area (Å²) in [6.07, 6.45) is 8.17. The van der Waals surface area contributed by atoms with Crippen LogP contribution in [0.15, 0.2) is 72.8 Å². The standard InChI is InChI=1S/C23H31NO2.C13H17NO3/c1-20-7-11-22(12-8-20)25-18-5-19-26-23-13-9-21(10-14-23)6-4-17-24-15-2-3-16-24;1-17-11-8-6-10(7-9-11)12(15)4-2-3-5-13(14)16/h7-14H,2-6,15-19H2,1H3;6-9H,2-5H2,1H3,(H2,14,16). The number of Topliss-reactive ketones (excluding diaryl/α,β-unsaturated/α-hetero) is 1. The molecule has 1 saturated heterocycles. The number of nitrogens with two attached hydrogens (primary N) is 1. The molecular formula is C36H48N2O5. The number of likely N-dealkylation sites (tertiary alicyclic amines) is 1. The van der Waals surface area contributed by atoms with Gasteiger partial charge in [-0.2, -0.15) is 0 Å². The van der Waals surface area contributed by atoms with Gasteiger partial charge in [-0.05, 0) is 119 Å². The second kappa shape index (κ2) is 19.4. The van der Waals surface area contributed by atoms with Crippen LogP contribution in [0.1, 0.15) is 72.9 Å². The quantitative estimate of drug-likeness (QED) is 0.138. The largest absolute Gasteiger partial charge is 0.497 e. The molecule has 7 nitrogen and oxygen atoms in total. The van der Waals surface area contributed by atoms with Crippen molar-refractivity contribution in [3.8, 4) is 17.2 Å². The van der Waals surface area contributed by atoms with Crippen molar-refractivity contribution in [2.75, 3.05) is 40.0 Å². The molecule has 0 atom stereocenters. The van der Waals surface area contributed by atoms with Crippen molar-refractivity contribution in [3.63, 3.8) is 0 Å². The fourth-order valence-electron chi connectivity index (χ4n) is 4.84. The van der Waals surface area contributed by atoms with E-state index in [0.717, 1.165) is 30.1 Å². The van der Waals surface area contributed by atoms with Gasteiger partial charge in [0.1, 0.15) is 17.2 Å². The molecule has 1 aliphatic rings. The SMILES string of the molecule is COc1ccc(C(=O)CCCCC(N)=O)cc1.Cc1ccc(OCCCOc2ccc(CCCN3CCCC3)cc2)cc1. The molecule has 1 aliphatic heterocycles. The van der Waals surface area contributed by atoms with Gasteiger partial charge in [-0.1, -0.05) is 29.8 Å². The normalized spacial score (nSPS) is 12.7. The van der Waals surface area contributed by atoms with E-state index < -0.39 is 0 Å². The molecule has 2 N–H and O–H groups in total. The van der Waals surface area contributed by atoms with Crippen molar-refractivity contribution < 1.29 is 23.8 Å². The van der Waals surface area contributed by atoms with E-state index in [1.165, 1.54) is 50.0 Å². The lowest BCUT2D eigenvalue weighted by Crippen LogP contribution is -2.20. The summed E-state index contributed by atoms with van der Waals surface area (Å²) in [6, 6.07) is 23.7. The van der Waals surface area contributed by atoms with E-state index in [2.05, 4.69) is 48.2 Å². The Hall–Kier alpha value is -3.84. The Bertz CT molecular complexity index is 1200. The summed E-state index contributed by atoms with van der Waals surface area (Å²) in [6.45, 7) is 7.26. The maximum absolute atomic E-state index is 11.7. The molecule has 0 aromatic heterocycles.